The van der Waals surface area contributed by atoms with Crippen molar-refractivity contribution in [2.45, 2.75) is 38.5 Å². The number of ether oxygens (including phenoxy) is 1. The maximum atomic E-state index is 11.9. The largest absolute Gasteiger partial charge is 0.491 e. The summed E-state index contributed by atoms with van der Waals surface area (Å²) in [5.41, 5.74) is 2.26. The first-order chi connectivity index (χ1) is 13.4. The van der Waals surface area contributed by atoms with Gasteiger partial charge in [-0.05, 0) is 49.9 Å². The number of benzene rings is 2. The van der Waals surface area contributed by atoms with Crippen LogP contribution in [0.3, 0.4) is 0 Å². The van der Waals surface area contributed by atoms with Crippen LogP contribution in [-0.2, 0) is 17.0 Å². The van der Waals surface area contributed by atoms with Gasteiger partial charge in [-0.2, -0.15) is 0 Å². The van der Waals surface area contributed by atoms with Gasteiger partial charge in [-0.15, -0.1) is 11.8 Å². The molecule has 0 atom stereocenters. The Kier molecular flexibility index (Phi) is 8.81. The summed E-state index contributed by atoms with van der Waals surface area (Å²) in [4.78, 5) is 22.1. The van der Waals surface area contributed by atoms with E-state index in [-0.39, 0.29) is 17.7 Å². The highest BCUT2D eigenvalue weighted by Crippen LogP contribution is 2.17. The van der Waals surface area contributed by atoms with Crippen LogP contribution < -0.4 is 10.1 Å². The van der Waals surface area contributed by atoms with Gasteiger partial charge in [0.25, 0.3) is 5.69 Å². The lowest BCUT2D eigenvalue weighted by molar-refractivity contribution is -0.384. The fourth-order valence-electron chi connectivity index (χ4n) is 2.55. The van der Waals surface area contributed by atoms with Crippen LogP contribution in [-0.4, -0.2) is 29.2 Å². The van der Waals surface area contributed by atoms with E-state index in [0.717, 1.165) is 24.2 Å². The molecule has 6 nitrogen and oxygen atoms in total. The lowest BCUT2D eigenvalue weighted by atomic mass is 10.1. The molecule has 1 amide bonds. The highest BCUT2D eigenvalue weighted by Gasteiger charge is 2.05. The fraction of sp³-hybridized carbons (Fsp3) is 0.381. The smallest absolute Gasteiger partial charge is 0.269 e. The number of rotatable bonds is 11. The molecule has 0 radical (unpaired) electrons. The lowest BCUT2D eigenvalue weighted by Crippen LogP contribution is -2.26. The summed E-state index contributed by atoms with van der Waals surface area (Å²) in [6, 6.07) is 14.5. The Labute approximate surface area is 169 Å². The fourth-order valence-corrected chi connectivity index (χ4v) is 3.37. The number of carbonyl (C=O) groups is 1. The molecule has 0 aromatic heterocycles. The van der Waals surface area contributed by atoms with E-state index in [9.17, 15) is 14.9 Å². The zero-order valence-electron chi connectivity index (χ0n) is 16.2. The number of nitrogens with zero attached hydrogens (tertiary/aromatic N) is 1. The Morgan fingerprint density at radius 1 is 1.11 bits per heavy atom. The molecule has 0 aliphatic heterocycles. The number of nitrogens with one attached hydrogen (secondary N) is 1. The van der Waals surface area contributed by atoms with Gasteiger partial charge in [-0.3, -0.25) is 14.9 Å². The number of amides is 1. The minimum Gasteiger partial charge on any atom is -0.491 e. The van der Waals surface area contributed by atoms with Gasteiger partial charge in [-0.1, -0.05) is 24.3 Å². The van der Waals surface area contributed by atoms with Gasteiger partial charge >= 0.3 is 0 Å². The van der Waals surface area contributed by atoms with Gasteiger partial charge in [0.05, 0.1) is 16.8 Å². The zero-order valence-corrected chi connectivity index (χ0v) is 17.0. The molecule has 0 heterocycles. The van der Waals surface area contributed by atoms with Crippen LogP contribution in [0.1, 0.15) is 31.4 Å². The summed E-state index contributed by atoms with van der Waals surface area (Å²) >= 11 is 1.49. The van der Waals surface area contributed by atoms with Gasteiger partial charge in [0.1, 0.15) is 5.75 Å². The SMILES string of the molecule is CC(C)Oc1ccc(CCCNC(=O)CSCc2ccc([N+](=O)[O-])cc2)cc1. The Morgan fingerprint density at radius 3 is 2.36 bits per heavy atom. The molecule has 28 heavy (non-hydrogen) atoms. The van der Waals surface area contributed by atoms with Gasteiger partial charge in [-0.25, -0.2) is 0 Å². The molecule has 0 fully saturated rings. The second-order valence-corrected chi connectivity index (χ2v) is 7.67. The van der Waals surface area contributed by atoms with Crippen LogP contribution in [0.5, 0.6) is 5.75 Å². The number of thioether (sulfide) groups is 1. The average molecular weight is 403 g/mol. The number of non-ortho nitro benzene ring substituents is 1. The number of hydrogen-bond acceptors (Lipinski definition) is 5. The molecule has 1 N–H and O–H groups in total. The first-order valence-electron chi connectivity index (χ1n) is 9.27. The highest BCUT2D eigenvalue weighted by atomic mass is 32.2. The quantitative estimate of drug-likeness (QED) is 0.343. The summed E-state index contributed by atoms with van der Waals surface area (Å²) in [5, 5.41) is 13.6. The molecule has 2 aromatic carbocycles. The summed E-state index contributed by atoms with van der Waals surface area (Å²) in [6.07, 6.45) is 1.95. The second kappa shape index (κ2) is 11.3. The molecular formula is C21H26N2O4S. The Balaban J connectivity index is 1.59. The van der Waals surface area contributed by atoms with E-state index in [2.05, 4.69) is 17.4 Å². The highest BCUT2D eigenvalue weighted by molar-refractivity contribution is 7.99. The predicted molar refractivity (Wildman–Crippen MR) is 113 cm³/mol. The second-order valence-electron chi connectivity index (χ2n) is 6.68. The first kappa shape index (κ1) is 21.8. The maximum absolute atomic E-state index is 11.9. The van der Waals surface area contributed by atoms with E-state index in [0.29, 0.717) is 18.1 Å². The van der Waals surface area contributed by atoms with Gasteiger partial charge in [0, 0.05) is 24.4 Å². The van der Waals surface area contributed by atoms with Crippen molar-refractivity contribution in [3.8, 4) is 5.75 Å². The molecule has 2 aromatic rings. The molecule has 0 aliphatic rings. The van der Waals surface area contributed by atoms with Gasteiger partial charge < -0.3 is 10.1 Å². The summed E-state index contributed by atoms with van der Waals surface area (Å²) < 4.78 is 5.62. The Hall–Kier alpha value is -2.54. The minimum absolute atomic E-state index is 0.00703. The lowest BCUT2D eigenvalue weighted by Gasteiger charge is -2.10. The van der Waals surface area contributed by atoms with Crippen molar-refractivity contribution in [3.05, 3.63) is 69.8 Å². The molecular weight excluding hydrogens is 376 g/mol. The molecule has 0 spiro atoms. The number of aryl methyl sites for hydroxylation is 1. The van der Waals surface area contributed by atoms with E-state index in [1.165, 1.54) is 29.5 Å². The zero-order chi connectivity index (χ0) is 20.4. The third kappa shape index (κ3) is 8.00. The van der Waals surface area contributed by atoms with Crippen molar-refractivity contribution >= 4 is 23.4 Å². The van der Waals surface area contributed by atoms with Crippen LogP contribution in [0.25, 0.3) is 0 Å². The van der Waals surface area contributed by atoms with Crippen molar-refractivity contribution in [1.82, 2.24) is 5.32 Å². The van der Waals surface area contributed by atoms with E-state index in [1.54, 1.807) is 12.1 Å². The standard InChI is InChI=1S/C21H26N2O4S/c1-16(2)27-20-11-7-17(8-12-20)4-3-13-22-21(24)15-28-14-18-5-9-19(10-6-18)23(25)26/h5-12,16H,3-4,13-15H2,1-2H3,(H,22,24). The number of nitro groups is 1. The van der Waals surface area contributed by atoms with E-state index in [1.807, 2.05) is 26.0 Å². The molecule has 150 valence electrons. The number of nitro benzene ring substituents is 1. The third-order valence-corrected chi connectivity index (χ3v) is 4.91. The molecule has 0 saturated carbocycles. The molecule has 0 unspecified atom stereocenters. The maximum Gasteiger partial charge on any atom is 0.269 e. The summed E-state index contributed by atoms with van der Waals surface area (Å²) in [5.74, 6) is 1.90. The predicted octanol–water partition coefficient (Wildman–Crippen LogP) is 4.36. The number of hydrogen-bond donors (Lipinski definition) is 1. The van der Waals surface area contributed by atoms with Crippen molar-refractivity contribution in [1.29, 1.82) is 0 Å². The van der Waals surface area contributed by atoms with Crippen LogP contribution in [0, 0.1) is 10.1 Å². The molecule has 0 saturated heterocycles. The van der Waals surface area contributed by atoms with E-state index in [4.69, 9.17) is 4.74 Å². The average Bonchev–Trinajstić information content (AvgIpc) is 2.66. The van der Waals surface area contributed by atoms with Crippen molar-refractivity contribution in [2.24, 2.45) is 0 Å². The summed E-state index contributed by atoms with van der Waals surface area (Å²) in [6.45, 7) is 4.64. The monoisotopic (exact) mass is 402 g/mol. The molecule has 2 rings (SSSR count). The van der Waals surface area contributed by atoms with Crippen LogP contribution in [0.2, 0.25) is 0 Å². The molecule has 7 heteroatoms. The molecule has 0 bridgehead atoms. The van der Waals surface area contributed by atoms with Crippen LogP contribution in [0.4, 0.5) is 5.69 Å². The van der Waals surface area contributed by atoms with Gasteiger partial charge in [0.2, 0.25) is 5.91 Å². The summed E-state index contributed by atoms with van der Waals surface area (Å²) in [7, 11) is 0. The minimum atomic E-state index is -0.418. The van der Waals surface area contributed by atoms with E-state index < -0.39 is 4.92 Å². The Morgan fingerprint density at radius 2 is 1.75 bits per heavy atom. The van der Waals surface area contributed by atoms with Crippen LogP contribution >= 0.6 is 11.8 Å². The topological polar surface area (TPSA) is 81.5 Å². The molecule has 0 aliphatic carbocycles. The normalized spacial score (nSPS) is 10.7. The number of carbonyl (C=O) groups excluding carboxylic acids is 1. The van der Waals surface area contributed by atoms with Crippen molar-refractivity contribution in [2.75, 3.05) is 12.3 Å². The van der Waals surface area contributed by atoms with Crippen molar-refractivity contribution in [3.63, 3.8) is 0 Å². The van der Waals surface area contributed by atoms with Crippen molar-refractivity contribution < 1.29 is 14.5 Å². The van der Waals surface area contributed by atoms with E-state index >= 15 is 0 Å². The van der Waals surface area contributed by atoms with Crippen LogP contribution in [0.15, 0.2) is 48.5 Å². The third-order valence-electron chi connectivity index (χ3n) is 3.91. The first-order valence-corrected chi connectivity index (χ1v) is 10.4. The van der Waals surface area contributed by atoms with Gasteiger partial charge in [0.15, 0.2) is 0 Å². The Bertz CT molecular complexity index is 761.